The Labute approximate surface area is 103 Å². The van der Waals surface area contributed by atoms with E-state index in [9.17, 15) is 14.9 Å². The van der Waals surface area contributed by atoms with E-state index >= 15 is 0 Å². The Kier molecular flexibility index (Phi) is 4.13. The van der Waals surface area contributed by atoms with Crippen LogP contribution in [0.2, 0.25) is 0 Å². The number of carbonyl (C=O) groups is 1. The van der Waals surface area contributed by atoms with Gasteiger partial charge in [0.1, 0.15) is 11.9 Å². The summed E-state index contributed by atoms with van der Waals surface area (Å²) in [6.07, 6.45) is 1.12. The van der Waals surface area contributed by atoms with Gasteiger partial charge in [0.15, 0.2) is 0 Å². The summed E-state index contributed by atoms with van der Waals surface area (Å²) in [5.74, 6) is -1.22. The van der Waals surface area contributed by atoms with Crippen LogP contribution in [-0.2, 0) is 4.79 Å². The summed E-state index contributed by atoms with van der Waals surface area (Å²) >= 11 is 0. The van der Waals surface area contributed by atoms with E-state index in [1.54, 1.807) is 18.9 Å². The number of nitro groups is 1. The maximum atomic E-state index is 10.7. The Balaban J connectivity index is 2.88. The highest BCUT2D eigenvalue weighted by Crippen LogP contribution is 2.17. The summed E-state index contributed by atoms with van der Waals surface area (Å²) in [6.45, 7) is 3.31. The predicted molar refractivity (Wildman–Crippen MR) is 63.5 cm³/mol. The van der Waals surface area contributed by atoms with E-state index in [1.807, 2.05) is 0 Å². The van der Waals surface area contributed by atoms with Crippen molar-refractivity contribution in [2.75, 3.05) is 18.5 Å². The maximum absolute atomic E-state index is 10.7. The normalized spacial score (nSPS) is 11.9. The number of hydrogen-bond donors (Lipinski definition) is 1. The highest BCUT2D eigenvalue weighted by Gasteiger charge is 2.18. The van der Waals surface area contributed by atoms with Crippen molar-refractivity contribution in [1.82, 2.24) is 9.97 Å². The van der Waals surface area contributed by atoms with Crippen LogP contribution in [0.5, 0.6) is 0 Å². The first-order chi connectivity index (χ1) is 8.32. The molecular weight excluding hydrogens is 240 g/mol. The third-order valence-corrected chi connectivity index (χ3v) is 2.45. The quantitative estimate of drug-likeness (QED) is 0.612. The minimum atomic E-state index is -0.916. The molecule has 1 N–H and O–H groups in total. The Morgan fingerprint density at radius 1 is 1.67 bits per heavy atom. The molecule has 0 bridgehead atoms. The third kappa shape index (κ3) is 3.12. The van der Waals surface area contributed by atoms with Crippen LogP contribution in [0.15, 0.2) is 6.20 Å². The average Bonchev–Trinajstić information content (AvgIpc) is 2.27. The number of aryl methyl sites for hydroxylation is 1. The molecule has 18 heavy (non-hydrogen) atoms. The lowest BCUT2D eigenvalue weighted by Crippen LogP contribution is -2.29. The van der Waals surface area contributed by atoms with E-state index in [-0.39, 0.29) is 23.9 Å². The molecule has 0 aliphatic heterocycles. The lowest BCUT2D eigenvalue weighted by Gasteiger charge is -2.19. The SMILES string of the molecule is Cc1nc(N(C)CC(C)C(=O)O)ncc1[N+](=O)[O-]. The monoisotopic (exact) mass is 254 g/mol. The zero-order chi connectivity index (χ0) is 13.9. The Hall–Kier alpha value is -2.25. The van der Waals surface area contributed by atoms with Crippen molar-refractivity contribution >= 4 is 17.6 Å². The smallest absolute Gasteiger partial charge is 0.308 e. The minimum Gasteiger partial charge on any atom is -0.481 e. The molecule has 0 saturated heterocycles. The zero-order valence-electron chi connectivity index (χ0n) is 10.3. The van der Waals surface area contributed by atoms with Crippen molar-refractivity contribution in [2.45, 2.75) is 13.8 Å². The lowest BCUT2D eigenvalue weighted by molar-refractivity contribution is -0.386. The summed E-state index contributed by atoms with van der Waals surface area (Å²) in [4.78, 5) is 30.2. The van der Waals surface area contributed by atoms with Crippen molar-refractivity contribution in [3.8, 4) is 0 Å². The molecule has 1 rings (SSSR count). The van der Waals surface area contributed by atoms with Crippen molar-refractivity contribution in [3.05, 3.63) is 22.0 Å². The van der Waals surface area contributed by atoms with Crippen molar-refractivity contribution < 1.29 is 14.8 Å². The van der Waals surface area contributed by atoms with Crippen LogP contribution in [0.4, 0.5) is 11.6 Å². The second kappa shape index (κ2) is 5.39. The number of rotatable bonds is 5. The van der Waals surface area contributed by atoms with Gasteiger partial charge < -0.3 is 10.0 Å². The molecule has 1 heterocycles. The van der Waals surface area contributed by atoms with Gasteiger partial charge in [0.25, 0.3) is 0 Å². The fourth-order valence-corrected chi connectivity index (χ4v) is 1.38. The van der Waals surface area contributed by atoms with Gasteiger partial charge in [-0.05, 0) is 6.92 Å². The first-order valence-electron chi connectivity index (χ1n) is 5.25. The van der Waals surface area contributed by atoms with Gasteiger partial charge in [-0.25, -0.2) is 9.97 Å². The number of aromatic nitrogens is 2. The number of carboxylic acids is 1. The fourth-order valence-electron chi connectivity index (χ4n) is 1.38. The van der Waals surface area contributed by atoms with Gasteiger partial charge in [-0.3, -0.25) is 14.9 Å². The Bertz CT molecular complexity index is 477. The second-order valence-corrected chi connectivity index (χ2v) is 4.02. The van der Waals surface area contributed by atoms with Crippen molar-refractivity contribution in [3.63, 3.8) is 0 Å². The van der Waals surface area contributed by atoms with Crippen molar-refractivity contribution in [2.24, 2.45) is 5.92 Å². The van der Waals surface area contributed by atoms with Crippen LogP contribution in [0.3, 0.4) is 0 Å². The molecule has 1 aromatic rings. The molecule has 1 unspecified atom stereocenters. The van der Waals surface area contributed by atoms with Gasteiger partial charge in [0.05, 0.1) is 10.8 Å². The number of hydrogen-bond acceptors (Lipinski definition) is 6. The Morgan fingerprint density at radius 3 is 2.72 bits per heavy atom. The molecule has 0 fully saturated rings. The zero-order valence-corrected chi connectivity index (χ0v) is 10.3. The summed E-state index contributed by atoms with van der Waals surface area (Å²) < 4.78 is 0. The van der Waals surface area contributed by atoms with E-state index in [4.69, 9.17) is 5.11 Å². The third-order valence-electron chi connectivity index (χ3n) is 2.45. The molecule has 0 aromatic carbocycles. The topological polar surface area (TPSA) is 109 Å². The van der Waals surface area contributed by atoms with Gasteiger partial charge in [0, 0.05) is 13.6 Å². The number of aliphatic carboxylic acids is 1. The van der Waals surface area contributed by atoms with E-state index in [1.165, 1.54) is 6.92 Å². The molecular formula is C10H14N4O4. The fraction of sp³-hybridized carbons (Fsp3) is 0.500. The highest BCUT2D eigenvalue weighted by atomic mass is 16.6. The first kappa shape index (κ1) is 13.8. The molecule has 0 amide bonds. The van der Waals surface area contributed by atoms with Gasteiger partial charge in [-0.15, -0.1) is 0 Å². The molecule has 1 atom stereocenters. The van der Waals surface area contributed by atoms with Crippen molar-refractivity contribution in [1.29, 1.82) is 0 Å². The van der Waals surface area contributed by atoms with E-state index in [0.717, 1.165) is 6.20 Å². The van der Waals surface area contributed by atoms with Crippen LogP contribution in [0, 0.1) is 23.0 Å². The first-order valence-corrected chi connectivity index (χ1v) is 5.25. The van der Waals surface area contributed by atoms with Gasteiger partial charge in [-0.1, -0.05) is 6.92 Å². The van der Waals surface area contributed by atoms with Crippen LogP contribution < -0.4 is 4.90 Å². The van der Waals surface area contributed by atoms with Crippen LogP contribution in [0.1, 0.15) is 12.6 Å². The average molecular weight is 254 g/mol. The van der Waals surface area contributed by atoms with Crippen LogP contribution in [0.25, 0.3) is 0 Å². The molecule has 1 aromatic heterocycles. The molecule has 0 aliphatic rings. The molecule has 98 valence electrons. The second-order valence-electron chi connectivity index (χ2n) is 4.02. The molecule has 0 radical (unpaired) electrons. The summed E-state index contributed by atoms with van der Waals surface area (Å²) in [6, 6.07) is 0. The van der Waals surface area contributed by atoms with Crippen LogP contribution >= 0.6 is 0 Å². The van der Waals surface area contributed by atoms with E-state index in [0.29, 0.717) is 0 Å². The van der Waals surface area contributed by atoms with Gasteiger partial charge in [-0.2, -0.15) is 0 Å². The number of anilines is 1. The molecule has 0 saturated carbocycles. The lowest BCUT2D eigenvalue weighted by atomic mass is 10.2. The number of nitrogens with zero attached hydrogens (tertiary/aromatic N) is 4. The Morgan fingerprint density at radius 2 is 2.28 bits per heavy atom. The summed E-state index contributed by atoms with van der Waals surface area (Å²) in [5, 5.41) is 19.4. The molecule has 0 aliphatic carbocycles. The van der Waals surface area contributed by atoms with Gasteiger partial charge >= 0.3 is 11.7 Å². The van der Waals surface area contributed by atoms with E-state index < -0.39 is 16.8 Å². The van der Waals surface area contributed by atoms with E-state index in [2.05, 4.69) is 9.97 Å². The molecule has 8 nitrogen and oxygen atoms in total. The number of carboxylic acid groups (broad SMARTS) is 1. The summed E-state index contributed by atoms with van der Waals surface area (Å²) in [5.41, 5.74) is 0.0956. The largest absolute Gasteiger partial charge is 0.481 e. The highest BCUT2D eigenvalue weighted by molar-refractivity contribution is 5.70. The standard InChI is InChI=1S/C10H14N4O4/c1-6(9(15)16)5-13(3)10-11-4-8(14(17)18)7(2)12-10/h4,6H,5H2,1-3H3,(H,15,16). The molecule has 8 heteroatoms. The predicted octanol–water partition coefficient (Wildman–Crippen LogP) is 0.850. The molecule has 0 spiro atoms. The maximum Gasteiger partial charge on any atom is 0.308 e. The van der Waals surface area contributed by atoms with Gasteiger partial charge in [0.2, 0.25) is 5.95 Å². The van der Waals surface area contributed by atoms with Crippen LogP contribution in [-0.4, -0.2) is 39.6 Å². The summed E-state index contributed by atoms with van der Waals surface area (Å²) in [7, 11) is 1.64. The minimum absolute atomic E-state index is 0.154.